The SMILES string of the molecule is CCOc1cc(C=NNC(=O)C(=O)Nc2ccccc2F)cc(Br)c1OCc1ccccc1F. The molecule has 0 heterocycles. The number of carbonyl (C=O) groups excluding carboxylic acids is 2. The van der Waals surface area contributed by atoms with Gasteiger partial charge in [-0.15, -0.1) is 0 Å². The zero-order valence-corrected chi connectivity index (χ0v) is 19.6. The van der Waals surface area contributed by atoms with Gasteiger partial charge in [0.2, 0.25) is 0 Å². The third kappa shape index (κ3) is 6.61. The number of carbonyl (C=O) groups is 2. The molecule has 0 aliphatic carbocycles. The van der Waals surface area contributed by atoms with Crippen molar-refractivity contribution < 1.29 is 27.8 Å². The van der Waals surface area contributed by atoms with Crippen LogP contribution < -0.4 is 20.2 Å². The number of hydrazone groups is 1. The van der Waals surface area contributed by atoms with Crippen LogP contribution in [0.3, 0.4) is 0 Å². The van der Waals surface area contributed by atoms with Gasteiger partial charge in [-0.3, -0.25) is 9.59 Å². The Balaban J connectivity index is 1.67. The summed E-state index contributed by atoms with van der Waals surface area (Å²) in [7, 11) is 0. The van der Waals surface area contributed by atoms with Crippen molar-refractivity contribution in [3.05, 3.63) is 87.9 Å². The summed E-state index contributed by atoms with van der Waals surface area (Å²) in [5, 5.41) is 5.92. The standard InChI is InChI=1S/C24H20BrF2N3O4/c1-2-33-21-12-15(11-17(25)22(21)34-14-16-7-3-4-8-18(16)26)13-28-30-24(32)23(31)29-20-10-6-5-9-19(20)27/h3-13H,2,14H2,1H3,(H,29,31)(H,30,32). The highest BCUT2D eigenvalue weighted by Gasteiger charge is 2.16. The Bertz CT molecular complexity index is 1220. The lowest BCUT2D eigenvalue weighted by Gasteiger charge is -2.15. The first kappa shape index (κ1) is 24.8. The summed E-state index contributed by atoms with van der Waals surface area (Å²) in [5.74, 6) is -2.45. The fourth-order valence-electron chi connectivity index (χ4n) is 2.79. The average Bonchev–Trinajstić information content (AvgIpc) is 2.81. The van der Waals surface area contributed by atoms with Gasteiger partial charge in [0.1, 0.15) is 18.2 Å². The van der Waals surface area contributed by atoms with E-state index in [1.165, 1.54) is 30.5 Å². The third-order valence-electron chi connectivity index (χ3n) is 4.37. The molecular weight excluding hydrogens is 512 g/mol. The lowest BCUT2D eigenvalue weighted by Crippen LogP contribution is -2.32. The van der Waals surface area contributed by atoms with Crippen LogP contribution in [0.15, 0.2) is 70.2 Å². The van der Waals surface area contributed by atoms with Crippen LogP contribution in [0.5, 0.6) is 11.5 Å². The second-order valence-electron chi connectivity index (χ2n) is 6.78. The van der Waals surface area contributed by atoms with Gasteiger partial charge in [-0.25, -0.2) is 14.2 Å². The Morgan fingerprint density at radius 2 is 1.71 bits per heavy atom. The molecule has 0 unspecified atom stereocenters. The second kappa shape index (κ2) is 11.9. The maximum Gasteiger partial charge on any atom is 0.329 e. The van der Waals surface area contributed by atoms with Gasteiger partial charge in [0.25, 0.3) is 0 Å². The minimum Gasteiger partial charge on any atom is -0.490 e. The predicted molar refractivity (Wildman–Crippen MR) is 127 cm³/mol. The van der Waals surface area contributed by atoms with Crippen LogP contribution in [0.2, 0.25) is 0 Å². The molecule has 2 N–H and O–H groups in total. The van der Waals surface area contributed by atoms with Crippen molar-refractivity contribution in [3.8, 4) is 11.5 Å². The van der Waals surface area contributed by atoms with Gasteiger partial charge in [0.05, 0.1) is 23.0 Å². The smallest absolute Gasteiger partial charge is 0.329 e. The summed E-state index contributed by atoms with van der Waals surface area (Å²) in [6.07, 6.45) is 1.29. The number of nitrogens with one attached hydrogen (secondary N) is 2. The molecule has 34 heavy (non-hydrogen) atoms. The zero-order chi connectivity index (χ0) is 24.5. The summed E-state index contributed by atoms with van der Waals surface area (Å²) in [4.78, 5) is 23.9. The largest absolute Gasteiger partial charge is 0.490 e. The van der Waals surface area contributed by atoms with Crippen molar-refractivity contribution in [2.75, 3.05) is 11.9 Å². The molecule has 0 atom stereocenters. The summed E-state index contributed by atoms with van der Waals surface area (Å²) >= 11 is 3.40. The summed E-state index contributed by atoms with van der Waals surface area (Å²) < 4.78 is 39.4. The first-order valence-electron chi connectivity index (χ1n) is 10.1. The molecule has 3 aromatic carbocycles. The molecule has 0 aromatic heterocycles. The summed E-state index contributed by atoms with van der Waals surface area (Å²) in [6, 6.07) is 15.0. The third-order valence-corrected chi connectivity index (χ3v) is 4.96. The van der Waals surface area contributed by atoms with Gasteiger partial charge in [-0.05, 0) is 58.7 Å². The summed E-state index contributed by atoms with van der Waals surface area (Å²) in [6.45, 7) is 2.13. The fraction of sp³-hybridized carbons (Fsp3) is 0.125. The molecule has 10 heteroatoms. The molecule has 2 amide bonds. The van der Waals surface area contributed by atoms with E-state index in [-0.39, 0.29) is 18.1 Å². The van der Waals surface area contributed by atoms with Crippen LogP contribution in [0.1, 0.15) is 18.1 Å². The number of amides is 2. The number of para-hydroxylation sites is 1. The first-order chi connectivity index (χ1) is 16.4. The number of halogens is 3. The van der Waals surface area contributed by atoms with E-state index in [4.69, 9.17) is 9.47 Å². The van der Waals surface area contributed by atoms with Crippen LogP contribution in [0, 0.1) is 11.6 Å². The predicted octanol–water partition coefficient (Wildman–Crippen LogP) is 4.79. The molecule has 0 radical (unpaired) electrons. The lowest BCUT2D eigenvalue weighted by atomic mass is 10.2. The highest BCUT2D eigenvalue weighted by atomic mass is 79.9. The molecule has 3 rings (SSSR count). The quantitative estimate of drug-likeness (QED) is 0.248. The molecular formula is C24H20BrF2N3O4. The van der Waals surface area contributed by atoms with Crippen molar-refractivity contribution in [1.82, 2.24) is 5.43 Å². The summed E-state index contributed by atoms with van der Waals surface area (Å²) in [5.41, 5.74) is 2.86. The lowest BCUT2D eigenvalue weighted by molar-refractivity contribution is -0.136. The highest BCUT2D eigenvalue weighted by Crippen LogP contribution is 2.37. The minimum atomic E-state index is -1.08. The number of rotatable bonds is 8. The molecule has 0 saturated carbocycles. The van der Waals surface area contributed by atoms with Crippen LogP contribution >= 0.6 is 15.9 Å². The number of nitrogens with zero attached hydrogens (tertiary/aromatic N) is 1. The van der Waals surface area contributed by atoms with Crippen molar-refractivity contribution in [2.45, 2.75) is 13.5 Å². The fourth-order valence-corrected chi connectivity index (χ4v) is 3.36. The van der Waals surface area contributed by atoms with Crippen molar-refractivity contribution in [3.63, 3.8) is 0 Å². The van der Waals surface area contributed by atoms with E-state index in [1.807, 2.05) is 0 Å². The van der Waals surface area contributed by atoms with Gasteiger partial charge >= 0.3 is 11.8 Å². The maximum atomic E-state index is 13.9. The average molecular weight is 532 g/mol. The highest BCUT2D eigenvalue weighted by molar-refractivity contribution is 9.10. The van der Waals surface area contributed by atoms with Crippen LogP contribution in [-0.4, -0.2) is 24.6 Å². The molecule has 0 spiro atoms. The van der Waals surface area contributed by atoms with Gasteiger partial charge in [-0.2, -0.15) is 5.10 Å². The second-order valence-corrected chi connectivity index (χ2v) is 7.63. The minimum absolute atomic E-state index is 0.00798. The Kier molecular flexibility index (Phi) is 8.69. The van der Waals surface area contributed by atoms with Gasteiger partial charge in [-0.1, -0.05) is 30.3 Å². The molecule has 0 aliphatic heterocycles. The molecule has 7 nitrogen and oxygen atoms in total. The van der Waals surface area contributed by atoms with E-state index in [2.05, 4.69) is 31.8 Å². The van der Waals surface area contributed by atoms with E-state index in [9.17, 15) is 18.4 Å². The first-order valence-corrected chi connectivity index (χ1v) is 10.9. The topological polar surface area (TPSA) is 89.0 Å². The Morgan fingerprint density at radius 1 is 1.00 bits per heavy atom. The van der Waals surface area contributed by atoms with E-state index in [1.54, 1.807) is 37.3 Å². The van der Waals surface area contributed by atoms with E-state index in [0.29, 0.717) is 33.7 Å². The number of hydrogen-bond donors (Lipinski definition) is 2. The van der Waals surface area contributed by atoms with Gasteiger partial charge in [0.15, 0.2) is 11.5 Å². The van der Waals surface area contributed by atoms with Crippen molar-refractivity contribution in [2.24, 2.45) is 5.10 Å². The Morgan fingerprint density at radius 3 is 2.41 bits per heavy atom. The number of anilines is 1. The normalized spacial score (nSPS) is 10.7. The van der Waals surface area contributed by atoms with Gasteiger partial charge < -0.3 is 14.8 Å². The van der Waals surface area contributed by atoms with Gasteiger partial charge in [0, 0.05) is 5.56 Å². The zero-order valence-electron chi connectivity index (χ0n) is 18.0. The van der Waals surface area contributed by atoms with Crippen LogP contribution in [0.4, 0.5) is 14.5 Å². The van der Waals surface area contributed by atoms with E-state index >= 15 is 0 Å². The molecule has 176 valence electrons. The Labute approximate surface area is 202 Å². The molecule has 0 saturated heterocycles. The number of ether oxygens (including phenoxy) is 2. The van der Waals surface area contributed by atoms with Crippen molar-refractivity contribution >= 4 is 39.6 Å². The number of hydrogen-bond acceptors (Lipinski definition) is 5. The molecule has 0 bridgehead atoms. The van der Waals surface area contributed by atoms with E-state index < -0.39 is 17.6 Å². The van der Waals surface area contributed by atoms with Crippen LogP contribution in [-0.2, 0) is 16.2 Å². The van der Waals surface area contributed by atoms with Crippen LogP contribution in [0.25, 0.3) is 0 Å². The number of benzene rings is 3. The monoisotopic (exact) mass is 531 g/mol. The molecule has 0 aliphatic rings. The van der Waals surface area contributed by atoms with E-state index in [0.717, 1.165) is 6.07 Å². The Hall–Kier alpha value is -3.79. The molecule has 3 aromatic rings. The molecule has 0 fully saturated rings. The van der Waals surface area contributed by atoms with Crippen molar-refractivity contribution in [1.29, 1.82) is 0 Å². The maximum absolute atomic E-state index is 13.9.